The van der Waals surface area contributed by atoms with Gasteiger partial charge in [0.2, 0.25) is 0 Å². The van der Waals surface area contributed by atoms with Crippen LogP contribution in [-0.2, 0) is 0 Å². The molecule has 0 radical (unpaired) electrons. The van der Waals surface area contributed by atoms with Crippen LogP contribution in [-0.4, -0.2) is 18.1 Å². The van der Waals surface area contributed by atoms with Gasteiger partial charge in [-0.15, -0.1) is 0 Å². The second-order valence-corrected chi connectivity index (χ2v) is 4.72. The largest absolute Gasteiger partial charge is 0.352 e. The molecule has 1 aromatic rings. The van der Waals surface area contributed by atoms with Crippen molar-refractivity contribution in [1.82, 2.24) is 4.98 Å². The average Bonchev–Trinajstić information content (AvgIpc) is 2.14. The second kappa shape index (κ2) is 5.52. The Morgan fingerprint density at radius 1 is 1.67 bits per heavy atom. The van der Waals surface area contributed by atoms with Gasteiger partial charge in [0.1, 0.15) is 5.82 Å². The molecule has 4 heteroatoms. The van der Waals surface area contributed by atoms with Crippen LogP contribution in [0.4, 0.5) is 5.82 Å². The molecule has 0 saturated carbocycles. The summed E-state index contributed by atoms with van der Waals surface area (Å²) in [6.07, 6.45) is 1.66. The molecule has 0 aliphatic heterocycles. The van der Waals surface area contributed by atoms with Gasteiger partial charge in [-0.1, -0.05) is 23.8 Å². The molecule has 1 rings (SSSR count). The van der Waals surface area contributed by atoms with Crippen LogP contribution in [0.5, 0.6) is 0 Å². The van der Waals surface area contributed by atoms with Gasteiger partial charge in [-0.05, 0) is 35.8 Å². The van der Waals surface area contributed by atoms with Gasteiger partial charge in [0, 0.05) is 19.3 Å². The van der Waals surface area contributed by atoms with Crippen LogP contribution in [0.2, 0.25) is 5.02 Å². The maximum atomic E-state index is 5.84. The van der Waals surface area contributed by atoms with Crippen LogP contribution in [0.3, 0.4) is 0 Å². The van der Waals surface area contributed by atoms with Crippen LogP contribution in [0.1, 0.15) is 13.8 Å². The predicted molar refractivity (Wildman–Crippen MR) is 69.6 cm³/mol. The molecule has 0 bridgehead atoms. The first-order valence-corrected chi connectivity index (χ1v) is 5.92. The highest BCUT2D eigenvalue weighted by atomic mass is 79.9. The Morgan fingerprint density at radius 2 is 2.33 bits per heavy atom. The zero-order valence-corrected chi connectivity index (χ0v) is 11.3. The number of anilines is 1. The molecule has 2 nitrogen and oxygen atoms in total. The minimum absolute atomic E-state index is 0.636. The molecule has 0 N–H and O–H groups in total. The van der Waals surface area contributed by atoms with E-state index in [0.717, 1.165) is 29.0 Å². The van der Waals surface area contributed by atoms with Gasteiger partial charge >= 0.3 is 0 Å². The minimum atomic E-state index is 0.636. The first-order chi connectivity index (χ1) is 7.04. The Balaban J connectivity index is 2.96. The number of aromatic nitrogens is 1. The maximum absolute atomic E-state index is 5.84. The molecule has 0 aliphatic carbocycles. The molecule has 0 atom stereocenters. The smallest absolute Gasteiger partial charge is 0.143 e. The summed E-state index contributed by atoms with van der Waals surface area (Å²) >= 11 is 9.30. The molecule has 1 heterocycles. The lowest BCUT2D eigenvalue weighted by Crippen LogP contribution is -2.25. The number of halogens is 2. The van der Waals surface area contributed by atoms with Crippen molar-refractivity contribution in [1.29, 1.82) is 0 Å². The van der Waals surface area contributed by atoms with Gasteiger partial charge in [-0.2, -0.15) is 0 Å². The molecule has 82 valence electrons. The molecule has 1 aromatic heterocycles. The lowest BCUT2D eigenvalue weighted by molar-refractivity contribution is 0.856. The quantitative estimate of drug-likeness (QED) is 0.782. The van der Waals surface area contributed by atoms with Gasteiger partial charge in [-0.3, -0.25) is 0 Å². The zero-order chi connectivity index (χ0) is 11.4. The molecule has 0 fully saturated rings. The van der Waals surface area contributed by atoms with E-state index in [2.05, 4.69) is 39.3 Å². The Labute approximate surface area is 104 Å². The van der Waals surface area contributed by atoms with Crippen molar-refractivity contribution in [3.63, 3.8) is 0 Å². The molecule has 0 saturated heterocycles. The third kappa shape index (κ3) is 3.50. The van der Waals surface area contributed by atoms with E-state index in [1.807, 2.05) is 13.0 Å². The SMILES string of the molecule is C=C(C)CN(CC)c1ncc(Cl)cc1Br. The highest BCUT2D eigenvalue weighted by Crippen LogP contribution is 2.26. The molecule has 0 amide bonds. The monoisotopic (exact) mass is 288 g/mol. The molecule has 15 heavy (non-hydrogen) atoms. The number of nitrogens with zero attached hydrogens (tertiary/aromatic N) is 2. The molecule has 0 unspecified atom stereocenters. The van der Waals surface area contributed by atoms with Gasteiger partial charge in [-0.25, -0.2) is 4.98 Å². The summed E-state index contributed by atoms with van der Waals surface area (Å²) in [5, 5.41) is 0.636. The van der Waals surface area contributed by atoms with E-state index in [1.54, 1.807) is 6.20 Å². The fourth-order valence-electron chi connectivity index (χ4n) is 1.30. The summed E-state index contributed by atoms with van der Waals surface area (Å²) in [6.45, 7) is 9.70. The van der Waals surface area contributed by atoms with E-state index in [9.17, 15) is 0 Å². The summed E-state index contributed by atoms with van der Waals surface area (Å²) in [7, 11) is 0. The Hall–Kier alpha value is -0.540. The Kier molecular flexibility index (Phi) is 4.61. The third-order valence-corrected chi connectivity index (χ3v) is 2.72. The van der Waals surface area contributed by atoms with Crippen molar-refractivity contribution in [2.75, 3.05) is 18.0 Å². The van der Waals surface area contributed by atoms with Crippen LogP contribution >= 0.6 is 27.5 Å². The molecular formula is C11H14BrClN2. The van der Waals surface area contributed by atoms with E-state index in [1.165, 1.54) is 0 Å². The molecular weight excluding hydrogens is 275 g/mol. The predicted octanol–water partition coefficient (Wildman–Crippen LogP) is 3.90. The number of hydrogen-bond donors (Lipinski definition) is 0. The summed E-state index contributed by atoms with van der Waals surface area (Å²) in [5.41, 5.74) is 1.11. The zero-order valence-electron chi connectivity index (χ0n) is 8.93. The van der Waals surface area contributed by atoms with E-state index >= 15 is 0 Å². The van der Waals surface area contributed by atoms with Crippen molar-refractivity contribution in [2.45, 2.75) is 13.8 Å². The van der Waals surface area contributed by atoms with E-state index in [-0.39, 0.29) is 0 Å². The van der Waals surface area contributed by atoms with Crippen molar-refractivity contribution in [3.05, 3.63) is 33.9 Å². The number of likely N-dealkylation sites (N-methyl/N-ethyl adjacent to an activating group) is 1. The molecule has 0 spiro atoms. The Morgan fingerprint density at radius 3 is 2.80 bits per heavy atom. The standard InChI is InChI=1S/C11H14BrClN2/c1-4-15(7-8(2)3)11-10(12)5-9(13)6-14-11/h5-6H,2,4,7H2,1,3H3. The second-order valence-electron chi connectivity index (χ2n) is 3.43. The maximum Gasteiger partial charge on any atom is 0.143 e. The van der Waals surface area contributed by atoms with E-state index in [4.69, 9.17) is 11.6 Å². The van der Waals surface area contributed by atoms with Crippen molar-refractivity contribution in [2.24, 2.45) is 0 Å². The first kappa shape index (κ1) is 12.5. The third-order valence-electron chi connectivity index (χ3n) is 1.93. The first-order valence-electron chi connectivity index (χ1n) is 4.75. The molecule has 0 aliphatic rings. The van der Waals surface area contributed by atoms with Gasteiger partial charge in [0.05, 0.1) is 9.50 Å². The fourth-order valence-corrected chi connectivity index (χ4v) is 2.19. The van der Waals surface area contributed by atoms with Crippen LogP contribution in [0.25, 0.3) is 0 Å². The number of pyridine rings is 1. The van der Waals surface area contributed by atoms with Crippen molar-refractivity contribution >= 4 is 33.3 Å². The van der Waals surface area contributed by atoms with Gasteiger partial charge in [0.15, 0.2) is 0 Å². The van der Waals surface area contributed by atoms with Gasteiger partial charge in [0.25, 0.3) is 0 Å². The summed E-state index contributed by atoms with van der Waals surface area (Å²) in [4.78, 5) is 6.45. The molecule has 0 aromatic carbocycles. The highest BCUT2D eigenvalue weighted by Gasteiger charge is 2.10. The number of rotatable bonds is 4. The van der Waals surface area contributed by atoms with E-state index < -0.39 is 0 Å². The van der Waals surface area contributed by atoms with E-state index in [0.29, 0.717) is 5.02 Å². The normalized spacial score (nSPS) is 10.1. The summed E-state index contributed by atoms with van der Waals surface area (Å²) in [5.74, 6) is 0.907. The lowest BCUT2D eigenvalue weighted by atomic mass is 10.3. The lowest BCUT2D eigenvalue weighted by Gasteiger charge is -2.23. The van der Waals surface area contributed by atoms with Crippen molar-refractivity contribution in [3.8, 4) is 0 Å². The Bertz CT molecular complexity index is 366. The van der Waals surface area contributed by atoms with Crippen LogP contribution in [0.15, 0.2) is 28.9 Å². The van der Waals surface area contributed by atoms with Crippen LogP contribution in [0, 0.1) is 0 Å². The number of hydrogen-bond acceptors (Lipinski definition) is 2. The summed E-state index contributed by atoms with van der Waals surface area (Å²) < 4.78 is 0.915. The highest BCUT2D eigenvalue weighted by molar-refractivity contribution is 9.10. The average molecular weight is 290 g/mol. The topological polar surface area (TPSA) is 16.1 Å². The van der Waals surface area contributed by atoms with Crippen molar-refractivity contribution < 1.29 is 0 Å². The fraction of sp³-hybridized carbons (Fsp3) is 0.364. The van der Waals surface area contributed by atoms with Gasteiger partial charge < -0.3 is 4.90 Å². The minimum Gasteiger partial charge on any atom is -0.352 e. The summed E-state index contributed by atoms with van der Waals surface area (Å²) in [6, 6.07) is 1.85. The van der Waals surface area contributed by atoms with Crippen LogP contribution < -0.4 is 4.90 Å².